The summed E-state index contributed by atoms with van der Waals surface area (Å²) in [6.07, 6.45) is -11.0. The fourth-order valence-electron chi connectivity index (χ4n) is 2.37. The second-order valence-electron chi connectivity index (χ2n) is 5.61. The van der Waals surface area contributed by atoms with Gasteiger partial charge >= 0.3 is 12.1 Å². The first-order valence-electron chi connectivity index (χ1n) is 7.04. The van der Waals surface area contributed by atoms with Gasteiger partial charge in [0.2, 0.25) is 6.30 Å². The number of halogens is 7. The van der Waals surface area contributed by atoms with E-state index in [0.717, 1.165) is 6.92 Å². The minimum Gasteiger partial charge on any atom is -0.366 e. The van der Waals surface area contributed by atoms with Crippen molar-refractivity contribution >= 4 is 0 Å². The number of alkyl halides is 7. The van der Waals surface area contributed by atoms with Gasteiger partial charge in [0.1, 0.15) is 12.8 Å². The lowest BCUT2D eigenvalue weighted by Crippen LogP contribution is -2.54. The highest BCUT2D eigenvalue weighted by atomic mass is 19.4. The maximum Gasteiger partial charge on any atom is 0.391 e. The Kier molecular flexibility index (Phi) is 6.49. The first kappa shape index (κ1) is 19.5. The highest BCUT2D eigenvalue weighted by molar-refractivity contribution is 4.87. The molecule has 0 bridgehead atoms. The molecule has 132 valence electrons. The molecule has 3 unspecified atom stereocenters. The van der Waals surface area contributed by atoms with Crippen molar-refractivity contribution in [3.8, 4) is 0 Å². The molecular weight excluding hydrogens is 319 g/mol. The van der Waals surface area contributed by atoms with E-state index < -0.39 is 69.1 Å². The van der Waals surface area contributed by atoms with Gasteiger partial charge in [0.25, 0.3) is 0 Å². The van der Waals surface area contributed by atoms with Crippen LogP contribution in [0.1, 0.15) is 26.7 Å². The molecule has 0 aromatic carbocycles. The number of hydrogen-bond acceptors (Lipinski definition) is 2. The Bertz CT molecular complexity index is 342. The van der Waals surface area contributed by atoms with E-state index in [4.69, 9.17) is 0 Å². The minimum atomic E-state index is -4.40. The molecule has 0 aliphatic carbocycles. The number of likely N-dealkylation sites (tertiary alicyclic amines) is 1. The van der Waals surface area contributed by atoms with Gasteiger partial charge in [0, 0.05) is 13.1 Å². The van der Waals surface area contributed by atoms with Gasteiger partial charge in [-0.15, -0.1) is 0 Å². The molecule has 1 rings (SSSR count). The molecule has 9 heteroatoms. The Morgan fingerprint density at radius 3 is 2.00 bits per heavy atom. The van der Waals surface area contributed by atoms with Crippen molar-refractivity contribution in [3.63, 3.8) is 0 Å². The van der Waals surface area contributed by atoms with Crippen LogP contribution in [0.15, 0.2) is 0 Å². The Balaban J connectivity index is 2.61. The van der Waals surface area contributed by atoms with Gasteiger partial charge in [-0.3, -0.25) is 4.90 Å². The van der Waals surface area contributed by atoms with E-state index in [1.54, 1.807) is 0 Å². The van der Waals surface area contributed by atoms with Crippen LogP contribution in [0.3, 0.4) is 0 Å². The van der Waals surface area contributed by atoms with Gasteiger partial charge < -0.3 is 4.74 Å². The third-order valence-electron chi connectivity index (χ3n) is 3.83. The molecule has 2 nitrogen and oxygen atoms in total. The van der Waals surface area contributed by atoms with E-state index in [1.807, 2.05) is 0 Å². The topological polar surface area (TPSA) is 12.5 Å². The van der Waals surface area contributed by atoms with E-state index in [9.17, 15) is 30.7 Å². The largest absolute Gasteiger partial charge is 0.391 e. The second-order valence-corrected chi connectivity index (χ2v) is 5.61. The van der Waals surface area contributed by atoms with Crippen molar-refractivity contribution in [2.75, 3.05) is 19.8 Å². The fraction of sp³-hybridized carbons (Fsp3) is 1.00. The van der Waals surface area contributed by atoms with Gasteiger partial charge in [-0.2, -0.15) is 22.0 Å². The molecule has 1 heterocycles. The van der Waals surface area contributed by atoms with Gasteiger partial charge in [-0.05, 0) is 26.7 Å². The number of rotatable bonds is 6. The van der Waals surface area contributed by atoms with Crippen LogP contribution < -0.4 is 0 Å². The number of nitrogens with zero attached hydrogens (tertiary/aromatic N) is 1. The average molecular weight is 339 g/mol. The smallest absolute Gasteiger partial charge is 0.366 e. The quantitative estimate of drug-likeness (QED) is 0.537. The Hall–Kier alpha value is -0.570. The van der Waals surface area contributed by atoms with Crippen LogP contribution in [0, 0.1) is 5.92 Å². The summed E-state index contributed by atoms with van der Waals surface area (Å²) in [6.45, 7) is 0.336. The third-order valence-corrected chi connectivity index (χ3v) is 3.83. The zero-order valence-corrected chi connectivity index (χ0v) is 12.3. The molecule has 0 aromatic heterocycles. The van der Waals surface area contributed by atoms with Crippen LogP contribution in [-0.2, 0) is 4.74 Å². The van der Waals surface area contributed by atoms with Crippen molar-refractivity contribution in [3.05, 3.63) is 0 Å². The summed E-state index contributed by atoms with van der Waals surface area (Å²) in [5.41, 5.74) is 0. The highest BCUT2D eigenvalue weighted by Crippen LogP contribution is 2.37. The SMILES string of the molecule is CC(CF)OC(C)C(F)(F)C(F)N1CCC(C(F)(F)F)CC1. The molecule has 0 spiro atoms. The maximum absolute atomic E-state index is 14.0. The van der Waals surface area contributed by atoms with Crippen LogP contribution in [0.4, 0.5) is 30.7 Å². The first-order chi connectivity index (χ1) is 10.00. The standard InChI is InChI=1S/C13H20F7NO/c1-8(7-14)22-9(2)12(16,17)11(15)21-5-3-10(4-6-21)13(18,19)20/h8-11H,3-7H2,1-2H3. The minimum absolute atomic E-state index is 0.410. The average Bonchev–Trinajstić information content (AvgIpc) is 2.45. The number of ether oxygens (including phenoxy) is 1. The van der Waals surface area contributed by atoms with E-state index in [-0.39, 0.29) is 0 Å². The molecule has 1 aliphatic heterocycles. The molecule has 0 radical (unpaired) electrons. The Labute approximate surface area is 124 Å². The molecule has 0 N–H and O–H groups in total. The first-order valence-corrected chi connectivity index (χ1v) is 7.04. The molecular formula is C13H20F7NO. The Morgan fingerprint density at radius 2 is 1.59 bits per heavy atom. The predicted molar refractivity (Wildman–Crippen MR) is 66.2 cm³/mol. The Morgan fingerprint density at radius 1 is 1.09 bits per heavy atom. The van der Waals surface area contributed by atoms with Crippen molar-refractivity contribution < 1.29 is 35.5 Å². The van der Waals surface area contributed by atoms with Crippen molar-refractivity contribution in [2.24, 2.45) is 5.92 Å². The van der Waals surface area contributed by atoms with Gasteiger partial charge in [-0.1, -0.05) is 0 Å². The van der Waals surface area contributed by atoms with E-state index in [1.165, 1.54) is 6.92 Å². The van der Waals surface area contributed by atoms with E-state index in [0.29, 0.717) is 4.90 Å². The summed E-state index contributed by atoms with van der Waals surface area (Å²) in [6, 6.07) is 0. The normalized spacial score (nSPS) is 23.3. The number of piperidine rings is 1. The number of hydrogen-bond donors (Lipinski definition) is 0. The second kappa shape index (κ2) is 7.33. The summed E-state index contributed by atoms with van der Waals surface area (Å²) >= 11 is 0. The summed E-state index contributed by atoms with van der Waals surface area (Å²) in [5.74, 6) is -5.53. The van der Waals surface area contributed by atoms with Crippen molar-refractivity contribution in [1.29, 1.82) is 0 Å². The lowest BCUT2D eigenvalue weighted by atomic mass is 9.95. The molecule has 3 atom stereocenters. The molecule has 1 saturated heterocycles. The van der Waals surface area contributed by atoms with Crippen LogP contribution in [-0.4, -0.2) is 55.3 Å². The fourth-order valence-corrected chi connectivity index (χ4v) is 2.37. The zero-order chi connectivity index (χ0) is 17.1. The molecule has 0 amide bonds. The van der Waals surface area contributed by atoms with Gasteiger partial charge in [-0.25, -0.2) is 8.78 Å². The predicted octanol–water partition coefficient (Wildman–Crippen LogP) is 3.95. The van der Waals surface area contributed by atoms with Gasteiger partial charge in [0.15, 0.2) is 0 Å². The molecule has 0 saturated carbocycles. The molecule has 0 aromatic rings. The van der Waals surface area contributed by atoms with Crippen LogP contribution >= 0.6 is 0 Å². The van der Waals surface area contributed by atoms with E-state index in [2.05, 4.69) is 4.74 Å². The molecule has 22 heavy (non-hydrogen) atoms. The van der Waals surface area contributed by atoms with Crippen molar-refractivity contribution in [1.82, 2.24) is 4.90 Å². The highest BCUT2D eigenvalue weighted by Gasteiger charge is 2.51. The van der Waals surface area contributed by atoms with Crippen LogP contribution in [0.2, 0.25) is 0 Å². The zero-order valence-electron chi connectivity index (χ0n) is 12.3. The van der Waals surface area contributed by atoms with Crippen LogP contribution in [0.25, 0.3) is 0 Å². The summed E-state index contributed by atoms with van der Waals surface area (Å²) in [4.78, 5) is 0.683. The lowest BCUT2D eigenvalue weighted by molar-refractivity contribution is -0.228. The summed E-state index contributed by atoms with van der Waals surface area (Å²) in [5, 5.41) is 0. The molecule has 1 fully saturated rings. The summed E-state index contributed by atoms with van der Waals surface area (Å²) < 4.78 is 96.3. The van der Waals surface area contributed by atoms with Crippen molar-refractivity contribution in [2.45, 2.75) is 57.3 Å². The monoisotopic (exact) mass is 339 g/mol. The molecule has 1 aliphatic rings. The third kappa shape index (κ3) is 4.71. The van der Waals surface area contributed by atoms with Crippen LogP contribution in [0.5, 0.6) is 0 Å². The summed E-state index contributed by atoms with van der Waals surface area (Å²) in [7, 11) is 0. The maximum atomic E-state index is 14.0. The lowest BCUT2D eigenvalue weighted by Gasteiger charge is -2.39. The van der Waals surface area contributed by atoms with E-state index >= 15 is 0 Å². The van der Waals surface area contributed by atoms with Gasteiger partial charge in [0.05, 0.1) is 12.0 Å².